The molecule has 3 heterocycles. The molecule has 0 spiro atoms. The lowest BCUT2D eigenvalue weighted by atomic mass is 9.92. The van der Waals surface area contributed by atoms with Crippen molar-refractivity contribution >= 4 is 11.7 Å². The highest BCUT2D eigenvalue weighted by Gasteiger charge is 2.34. The monoisotopic (exact) mass is 409 g/mol. The summed E-state index contributed by atoms with van der Waals surface area (Å²) in [6.45, 7) is 6.70. The van der Waals surface area contributed by atoms with Crippen molar-refractivity contribution in [2.45, 2.75) is 44.8 Å². The number of carbonyl (C=O) groups excluding carboxylic acids is 1. The minimum atomic E-state index is -0.970. The topological polar surface area (TPSA) is 81.6 Å². The highest BCUT2D eigenvalue weighted by Crippen LogP contribution is 2.24. The van der Waals surface area contributed by atoms with E-state index in [-0.39, 0.29) is 12.5 Å². The first-order valence-corrected chi connectivity index (χ1v) is 10.9. The second-order valence-corrected chi connectivity index (χ2v) is 8.63. The van der Waals surface area contributed by atoms with Gasteiger partial charge >= 0.3 is 0 Å². The molecule has 0 bridgehead atoms. The summed E-state index contributed by atoms with van der Waals surface area (Å²) in [4.78, 5) is 25.6. The molecule has 0 saturated carbocycles. The van der Waals surface area contributed by atoms with Gasteiger partial charge in [0.25, 0.3) is 5.91 Å². The Morgan fingerprint density at radius 3 is 2.63 bits per heavy atom. The Labute approximate surface area is 178 Å². The fourth-order valence-corrected chi connectivity index (χ4v) is 4.37. The molecule has 1 amide bonds. The van der Waals surface area contributed by atoms with Gasteiger partial charge in [-0.15, -0.1) is 0 Å². The highest BCUT2D eigenvalue weighted by molar-refractivity contribution is 5.94. The minimum absolute atomic E-state index is 0.147. The first-order chi connectivity index (χ1) is 14.5. The number of rotatable bonds is 6. The lowest BCUT2D eigenvalue weighted by molar-refractivity contribution is 0.0254. The number of aromatic nitrogens is 2. The van der Waals surface area contributed by atoms with Gasteiger partial charge in [0, 0.05) is 43.5 Å². The van der Waals surface area contributed by atoms with Crippen molar-refractivity contribution in [3.05, 3.63) is 53.5 Å². The van der Waals surface area contributed by atoms with Gasteiger partial charge in [-0.05, 0) is 63.4 Å². The van der Waals surface area contributed by atoms with Crippen LogP contribution < -0.4 is 10.2 Å². The fraction of sp³-hybridized carbons (Fsp3) is 0.522. The predicted octanol–water partition coefficient (Wildman–Crippen LogP) is 2.14. The standard InChI is InChI=1S/C23H31N5O2/c1-18-13-21(26-17-25-18)28-12-4-9-23(30,16-28)15-24-22(29)20-7-5-19(6-8-20)14-27-10-2-3-11-27/h5-8,13,17,30H,2-4,9-12,14-16H2,1H3,(H,24,29)/t23-/m0/s1. The fourth-order valence-electron chi connectivity index (χ4n) is 4.37. The van der Waals surface area contributed by atoms with E-state index < -0.39 is 5.60 Å². The van der Waals surface area contributed by atoms with E-state index in [2.05, 4.69) is 25.1 Å². The van der Waals surface area contributed by atoms with Gasteiger partial charge in [-0.2, -0.15) is 0 Å². The number of nitrogens with zero attached hydrogens (tertiary/aromatic N) is 4. The highest BCUT2D eigenvalue weighted by atomic mass is 16.3. The molecule has 4 rings (SSSR count). The Kier molecular flexibility index (Phi) is 6.29. The van der Waals surface area contributed by atoms with Crippen LogP contribution in [0.15, 0.2) is 36.7 Å². The summed E-state index contributed by atoms with van der Waals surface area (Å²) in [6.07, 6.45) is 5.60. The van der Waals surface area contributed by atoms with E-state index in [9.17, 15) is 9.90 Å². The molecule has 0 unspecified atom stereocenters. The number of β-amino-alcohol motifs (C(OH)–C–C–N with tert-alkyl or cyclic N) is 1. The first-order valence-electron chi connectivity index (χ1n) is 10.9. The Morgan fingerprint density at radius 1 is 1.13 bits per heavy atom. The van der Waals surface area contributed by atoms with Crippen LogP contribution in [0.3, 0.4) is 0 Å². The maximum absolute atomic E-state index is 12.6. The number of amides is 1. The predicted molar refractivity (Wildman–Crippen MR) is 116 cm³/mol. The third-order valence-corrected chi connectivity index (χ3v) is 6.07. The van der Waals surface area contributed by atoms with Gasteiger partial charge in [0.1, 0.15) is 12.1 Å². The molecule has 2 fully saturated rings. The van der Waals surface area contributed by atoms with Crippen LogP contribution in [0.25, 0.3) is 0 Å². The smallest absolute Gasteiger partial charge is 0.251 e. The average molecular weight is 410 g/mol. The Morgan fingerprint density at radius 2 is 1.90 bits per heavy atom. The molecule has 0 radical (unpaired) electrons. The van der Waals surface area contributed by atoms with E-state index in [1.54, 1.807) is 6.33 Å². The molecule has 160 valence electrons. The molecule has 1 atom stereocenters. The van der Waals surface area contributed by atoms with E-state index in [4.69, 9.17) is 0 Å². The molecule has 1 aromatic heterocycles. The van der Waals surface area contributed by atoms with E-state index in [0.717, 1.165) is 44.1 Å². The number of aryl methyl sites for hydroxylation is 1. The number of anilines is 1. The number of hydrogen-bond acceptors (Lipinski definition) is 6. The molecule has 2 aliphatic rings. The lowest BCUT2D eigenvalue weighted by Gasteiger charge is -2.39. The number of piperidine rings is 1. The van der Waals surface area contributed by atoms with E-state index in [1.807, 2.05) is 37.3 Å². The molecular weight excluding hydrogens is 378 g/mol. The summed E-state index contributed by atoms with van der Waals surface area (Å²) < 4.78 is 0. The van der Waals surface area contributed by atoms with Crippen LogP contribution in [0.2, 0.25) is 0 Å². The van der Waals surface area contributed by atoms with Crippen molar-refractivity contribution in [3.63, 3.8) is 0 Å². The SMILES string of the molecule is Cc1cc(N2CCC[C@](O)(CNC(=O)c3ccc(CN4CCCC4)cc3)C2)ncn1. The minimum Gasteiger partial charge on any atom is -0.386 e. The van der Waals surface area contributed by atoms with Crippen molar-refractivity contribution in [2.75, 3.05) is 37.6 Å². The number of nitrogens with one attached hydrogen (secondary N) is 1. The lowest BCUT2D eigenvalue weighted by Crippen LogP contribution is -2.54. The van der Waals surface area contributed by atoms with Crippen LogP contribution in [-0.2, 0) is 6.54 Å². The van der Waals surface area contributed by atoms with Crippen LogP contribution in [-0.4, -0.2) is 64.2 Å². The molecule has 2 saturated heterocycles. The Bertz CT molecular complexity index is 866. The molecule has 2 N–H and O–H groups in total. The largest absolute Gasteiger partial charge is 0.386 e. The summed E-state index contributed by atoms with van der Waals surface area (Å²) in [7, 11) is 0. The van der Waals surface area contributed by atoms with Gasteiger partial charge in [-0.25, -0.2) is 9.97 Å². The number of hydrogen-bond donors (Lipinski definition) is 2. The van der Waals surface area contributed by atoms with Crippen molar-refractivity contribution < 1.29 is 9.90 Å². The van der Waals surface area contributed by atoms with E-state index in [1.165, 1.54) is 18.4 Å². The Balaban J connectivity index is 1.32. The molecule has 7 nitrogen and oxygen atoms in total. The van der Waals surface area contributed by atoms with E-state index in [0.29, 0.717) is 18.5 Å². The molecule has 0 aliphatic carbocycles. The van der Waals surface area contributed by atoms with Gasteiger partial charge in [-0.1, -0.05) is 12.1 Å². The molecule has 2 aromatic rings. The summed E-state index contributed by atoms with van der Waals surface area (Å²) >= 11 is 0. The normalized spacial score (nSPS) is 22.3. The van der Waals surface area contributed by atoms with Crippen molar-refractivity contribution in [2.24, 2.45) is 0 Å². The average Bonchev–Trinajstić information content (AvgIpc) is 3.26. The maximum atomic E-state index is 12.6. The zero-order valence-electron chi connectivity index (χ0n) is 17.7. The number of likely N-dealkylation sites (tertiary alicyclic amines) is 1. The molecular formula is C23H31N5O2. The van der Waals surface area contributed by atoms with Crippen LogP contribution in [0.5, 0.6) is 0 Å². The van der Waals surface area contributed by atoms with Gasteiger partial charge in [0.15, 0.2) is 0 Å². The molecule has 7 heteroatoms. The second kappa shape index (κ2) is 9.10. The van der Waals surface area contributed by atoms with Crippen molar-refractivity contribution in [1.82, 2.24) is 20.2 Å². The number of aliphatic hydroxyl groups is 1. The second-order valence-electron chi connectivity index (χ2n) is 8.63. The van der Waals surface area contributed by atoms with Crippen molar-refractivity contribution in [1.29, 1.82) is 0 Å². The van der Waals surface area contributed by atoms with Gasteiger partial charge in [0.05, 0.1) is 5.60 Å². The zero-order valence-corrected chi connectivity index (χ0v) is 17.7. The van der Waals surface area contributed by atoms with Crippen molar-refractivity contribution in [3.8, 4) is 0 Å². The van der Waals surface area contributed by atoms with Crippen LogP contribution in [0.4, 0.5) is 5.82 Å². The third-order valence-electron chi connectivity index (χ3n) is 6.07. The van der Waals surface area contributed by atoms with Gasteiger partial charge in [-0.3, -0.25) is 9.69 Å². The quantitative estimate of drug-likeness (QED) is 0.761. The zero-order chi connectivity index (χ0) is 21.0. The maximum Gasteiger partial charge on any atom is 0.251 e. The summed E-state index contributed by atoms with van der Waals surface area (Å²) in [5.41, 5.74) is 1.79. The third kappa shape index (κ3) is 5.15. The first kappa shape index (κ1) is 20.8. The van der Waals surface area contributed by atoms with Crippen LogP contribution in [0, 0.1) is 6.92 Å². The summed E-state index contributed by atoms with van der Waals surface area (Å²) in [5, 5.41) is 14.0. The molecule has 30 heavy (non-hydrogen) atoms. The summed E-state index contributed by atoms with van der Waals surface area (Å²) in [6, 6.07) is 9.74. The molecule has 2 aliphatic heterocycles. The number of benzene rings is 1. The van der Waals surface area contributed by atoms with Crippen LogP contribution >= 0.6 is 0 Å². The van der Waals surface area contributed by atoms with Crippen LogP contribution in [0.1, 0.15) is 47.3 Å². The van der Waals surface area contributed by atoms with Gasteiger partial charge in [0.2, 0.25) is 0 Å². The van der Waals surface area contributed by atoms with Gasteiger partial charge < -0.3 is 15.3 Å². The molecule has 1 aromatic carbocycles. The Hall–Kier alpha value is -2.51. The summed E-state index contributed by atoms with van der Waals surface area (Å²) in [5.74, 6) is 0.673. The number of carbonyl (C=O) groups is 1. The van der Waals surface area contributed by atoms with E-state index >= 15 is 0 Å².